The van der Waals surface area contributed by atoms with Crippen molar-refractivity contribution in [3.8, 4) is 5.75 Å². The van der Waals surface area contributed by atoms with Crippen LogP contribution >= 0.6 is 0 Å². The first-order valence-electron chi connectivity index (χ1n) is 6.80. The number of nitrogens with one attached hydrogen (secondary N) is 1. The summed E-state index contributed by atoms with van der Waals surface area (Å²) in [6, 6.07) is 4.38. The van der Waals surface area contributed by atoms with Crippen molar-refractivity contribution in [3.63, 3.8) is 0 Å². The van der Waals surface area contributed by atoms with Gasteiger partial charge in [-0.1, -0.05) is 6.07 Å². The van der Waals surface area contributed by atoms with Gasteiger partial charge in [-0.15, -0.1) is 0 Å². The predicted molar refractivity (Wildman–Crippen MR) is 72.5 cm³/mol. The molecule has 0 amide bonds. The van der Waals surface area contributed by atoms with E-state index < -0.39 is 0 Å². The summed E-state index contributed by atoms with van der Waals surface area (Å²) < 4.78 is 8.13. The molecule has 0 unspecified atom stereocenters. The molecule has 1 N–H and O–H groups in total. The van der Waals surface area contributed by atoms with Gasteiger partial charge in [-0.2, -0.15) is 0 Å². The number of methoxy groups -OCH3 is 1. The summed E-state index contributed by atoms with van der Waals surface area (Å²) in [5.41, 5.74) is 6.00. The van der Waals surface area contributed by atoms with E-state index in [0.717, 1.165) is 38.2 Å². The van der Waals surface area contributed by atoms with Gasteiger partial charge >= 0.3 is 0 Å². The Morgan fingerprint density at radius 3 is 2.94 bits per heavy atom. The normalized spacial score (nSPS) is 17.8. The number of ether oxygens (including phenoxy) is 1. The predicted octanol–water partition coefficient (Wildman–Crippen LogP) is 1.89. The first kappa shape index (κ1) is 10.4. The number of hydrogen-bond donors (Lipinski definition) is 1. The first-order valence-corrected chi connectivity index (χ1v) is 6.80. The van der Waals surface area contributed by atoms with Crippen molar-refractivity contribution in [1.82, 2.24) is 9.88 Å². The summed E-state index contributed by atoms with van der Waals surface area (Å²) >= 11 is 0. The van der Waals surface area contributed by atoms with Gasteiger partial charge in [-0.3, -0.25) is 0 Å². The third-order valence-electron chi connectivity index (χ3n) is 4.38. The molecule has 0 aliphatic carbocycles. The molecule has 0 saturated heterocycles. The minimum absolute atomic E-state index is 1.05. The van der Waals surface area contributed by atoms with Gasteiger partial charge in [0.2, 0.25) is 0 Å². The van der Waals surface area contributed by atoms with Crippen molar-refractivity contribution in [2.24, 2.45) is 0 Å². The molecule has 0 radical (unpaired) electrons. The van der Waals surface area contributed by atoms with Gasteiger partial charge in [0.25, 0.3) is 0 Å². The highest BCUT2D eigenvalue weighted by Gasteiger charge is 2.26. The lowest BCUT2D eigenvalue weighted by Crippen LogP contribution is -2.17. The maximum Gasteiger partial charge on any atom is 0.128 e. The van der Waals surface area contributed by atoms with Crippen LogP contribution in [-0.4, -0.2) is 24.8 Å². The maximum atomic E-state index is 5.60. The van der Waals surface area contributed by atoms with Crippen LogP contribution in [0.2, 0.25) is 0 Å². The van der Waals surface area contributed by atoms with Crippen LogP contribution in [0.1, 0.15) is 16.8 Å². The second kappa shape index (κ2) is 3.75. The molecule has 0 saturated carbocycles. The van der Waals surface area contributed by atoms with Gasteiger partial charge in [0, 0.05) is 30.6 Å². The van der Waals surface area contributed by atoms with Crippen LogP contribution < -0.4 is 10.1 Å². The van der Waals surface area contributed by atoms with Gasteiger partial charge < -0.3 is 14.6 Å². The Morgan fingerprint density at radius 2 is 2.06 bits per heavy atom. The number of aryl methyl sites for hydroxylation is 2. The minimum atomic E-state index is 1.05. The zero-order chi connectivity index (χ0) is 12.1. The summed E-state index contributed by atoms with van der Waals surface area (Å²) in [4.78, 5) is 0. The molecule has 3 heterocycles. The smallest absolute Gasteiger partial charge is 0.128 e. The molecule has 2 aromatic rings. The first-order chi connectivity index (χ1) is 8.90. The Balaban J connectivity index is 2.11. The monoisotopic (exact) mass is 242 g/mol. The molecule has 0 bridgehead atoms. The molecule has 4 rings (SSSR count). The lowest BCUT2D eigenvalue weighted by molar-refractivity contribution is 0.419. The standard InChI is InChI=1S/C15H18N2O/c1-18-13-3-2-10-6-9-17-12-5-8-16-7-4-11(12)14(13)15(10)17/h2-3,16H,4-9H2,1H3. The number of rotatable bonds is 1. The molecule has 0 fully saturated rings. The van der Waals surface area contributed by atoms with Gasteiger partial charge in [-0.05, 0) is 36.6 Å². The van der Waals surface area contributed by atoms with E-state index in [4.69, 9.17) is 4.74 Å². The second-order valence-electron chi connectivity index (χ2n) is 5.23. The lowest BCUT2D eigenvalue weighted by Gasteiger charge is -2.06. The van der Waals surface area contributed by atoms with Crippen molar-refractivity contribution in [3.05, 3.63) is 29.0 Å². The molecule has 18 heavy (non-hydrogen) atoms. The minimum Gasteiger partial charge on any atom is -0.496 e. The molecule has 0 atom stereocenters. The van der Waals surface area contributed by atoms with E-state index in [1.807, 2.05) is 0 Å². The second-order valence-corrected chi connectivity index (χ2v) is 5.23. The molecule has 2 aliphatic heterocycles. The van der Waals surface area contributed by atoms with Crippen molar-refractivity contribution in [2.75, 3.05) is 20.2 Å². The van der Waals surface area contributed by atoms with Gasteiger partial charge in [0.15, 0.2) is 0 Å². The summed E-state index contributed by atoms with van der Waals surface area (Å²) in [7, 11) is 1.78. The Morgan fingerprint density at radius 1 is 1.17 bits per heavy atom. The molecular formula is C15H18N2O. The van der Waals surface area contributed by atoms with Crippen LogP contribution in [0, 0.1) is 0 Å². The van der Waals surface area contributed by atoms with E-state index in [-0.39, 0.29) is 0 Å². The Kier molecular flexibility index (Phi) is 2.18. The van der Waals surface area contributed by atoms with Crippen LogP contribution in [-0.2, 0) is 25.8 Å². The van der Waals surface area contributed by atoms with Crippen molar-refractivity contribution < 1.29 is 4.74 Å². The molecule has 1 aromatic heterocycles. The number of aromatic nitrogens is 1. The molecule has 3 heteroatoms. The van der Waals surface area contributed by atoms with E-state index >= 15 is 0 Å². The molecule has 1 aromatic carbocycles. The van der Waals surface area contributed by atoms with Crippen molar-refractivity contribution >= 4 is 10.9 Å². The highest BCUT2D eigenvalue weighted by molar-refractivity contribution is 5.94. The zero-order valence-electron chi connectivity index (χ0n) is 10.8. The number of hydrogen-bond acceptors (Lipinski definition) is 2. The SMILES string of the molecule is COc1ccc2c3c1c1c(n3CC2)CCNCC1. The third-order valence-corrected chi connectivity index (χ3v) is 4.38. The molecule has 2 aliphatic rings. The Bertz CT molecular complexity index is 627. The molecule has 94 valence electrons. The zero-order valence-corrected chi connectivity index (χ0v) is 10.8. The average molecular weight is 242 g/mol. The molecule has 3 nitrogen and oxygen atoms in total. The summed E-state index contributed by atoms with van der Waals surface area (Å²) in [5.74, 6) is 1.05. The number of benzene rings is 1. The van der Waals surface area contributed by atoms with Crippen LogP contribution in [0.3, 0.4) is 0 Å². The Hall–Kier alpha value is -1.48. The highest BCUT2D eigenvalue weighted by Crippen LogP contribution is 2.40. The summed E-state index contributed by atoms with van der Waals surface area (Å²) in [5, 5.41) is 4.88. The largest absolute Gasteiger partial charge is 0.496 e. The maximum absolute atomic E-state index is 5.60. The topological polar surface area (TPSA) is 26.2 Å². The lowest BCUT2D eigenvalue weighted by atomic mass is 10.0. The summed E-state index contributed by atoms with van der Waals surface area (Å²) in [6.07, 6.45) is 3.45. The van der Waals surface area contributed by atoms with Crippen LogP contribution in [0.15, 0.2) is 12.1 Å². The fraction of sp³-hybridized carbons (Fsp3) is 0.467. The molecule has 0 spiro atoms. The quantitative estimate of drug-likeness (QED) is 0.826. The van der Waals surface area contributed by atoms with Gasteiger partial charge in [0.1, 0.15) is 5.75 Å². The van der Waals surface area contributed by atoms with Crippen molar-refractivity contribution in [1.29, 1.82) is 0 Å². The van der Waals surface area contributed by atoms with Crippen molar-refractivity contribution in [2.45, 2.75) is 25.8 Å². The average Bonchev–Trinajstić information content (AvgIpc) is 2.85. The number of fused-ring (bicyclic) bond motifs is 3. The fourth-order valence-corrected chi connectivity index (χ4v) is 3.61. The van der Waals surface area contributed by atoms with Gasteiger partial charge in [0.05, 0.1) is 12.6 Å². The molecular weight excluding hydrogens is 224 g/mol. The fourth-order valence-electron chi connectivity index (χ4n) is 3.61. The van der Waals surface area contributed by atoms with E-state index in [1.54, 1.807) is 12.8 Å². The highest BCUT2D eigenvalue weighted by atomic mass is 16.5. The van der Waals surface area contributed by atoms with Crippen LogP contribution in [0.25, 0.3) is 10.9 Å². The van der Waals surface area contributed by atoms with E-state index in [0.29, 0.717) is 0 Å². The van der Waals surface area contributed by atoms with Crippen LogP contribution in [0.5, 0.6) is 5.75 Å². The van der Waals surface area contributed by atoms with E-state index in [1.165, 1.54) is 28.5 Å². The third kappa shape index (κ3) is 1.23. The van der Waals surface area contributed by atoms with E-state index in [2.05, 4.69) is 22.0 Å². The Labute approximate surface area is 107 Å². The van der Waals surface area contributed by atoms with Crippen LogP contribution in [0.4, 0.5) is 0 Å². The van der Waals surface area contributed by atoms with E-state index in [9.17, 15) is 0 Å². The number of nitrogens with zero attached hydrogens (tertiary/aromatic N) is 1. The summed E-state index contributed by atoms with van der Waals surface area (Å²) in [6.45, 7) is 3.33. The van der Waals surface area contributed by atoms with Gasteiger partial charge in [-0.25, -0.2) is 0 Å².